The van der Waals surface area contributed by atoms with Crippen molar-refractivity contribution in [1.82, 2.24) is 10.2 Å². The summed E-state index contributed by atoms with van der Waals surface area (Å²) >= 11 is 1.69. The van der Waals surface area contributed by atoms with Gasteiger partial charge in [0.05, 0.1) is 24.1 Å². The molecule has 1 aliphatic carbocycles. The summed E-state index contributed by atoms with van der Waals surface area (Å²) in [6, 6.07) is -0.121. The Hall–Kier alpha value is -0.750. The van der Waals surface area contributed by atoms with E-state index in [0.29, 0.717) is 12.0 Å². The number of carbonyl (C=O) groups excluding carboxylic acids is 2. The Morgan fingerprint density at radius 1 is 1.19 bits per heavy atom. The van der Waals surface area contributed by atoms with Crippen molar-refractivity contribution in [3.05, 3.63) is 0 Å². The van der Waals surface area contributed by atoms with Crippen LogP contribution in [0.15, 0.2) is 0 Å². The molecule has 3 heterocycles. The van der Waals surface area contributed by atoms with Crippen LogP contribution < -0.4 is 5.32 Å². The van der Waals surface area contributed by atoms with Gasteiger partial charge in [-0.25, -0.2) is 0 Å². The molecule has 3 aliphatic heterocycles. The zero-order valence-electron chi connectivity index (χ0n) is 12.1. The Balaban J connectivity index is 1.37. The fraction of sp³-hybridized carbons (Fsp3) is 0.867. The lowest BCUT2D eigenvalue weighted by Crippen LogP contribution is -2.53. The van der Waals surface area contributed by atoms with Gasteiger partial charge in [0.2, 0.25) is 11.8 Å². The van der Waals surface area contributed by atoms with E-state index in [1.165, 1.54) is 0 Å². The summed E-state index contributed by atoms with van der Waals surface area (Å²) in [5.41, 5.74) is 0. The zero-order chi connectivity index (χ0) is 14.4. The lowest BCUT2D eigenvalue weighted by molar-refractivity contribution is -0.143. The molecule has 1 N–H and O–H groups in total. The lowest BCUT2D eigenvalue weighted by Gasteiger charge is -2.32. The Labute approximate surface area is 129 Å². The van der Waals surface area contributed by atoms with Gasteiger partial charge in [-0.15, -0.1) is 11.8 Å². The van der Waals surface area contributed by atoms with Crippen molar-refractivity contribution < 1.29 is 14.3 Å². The van der Waals surface area contributed by atoms with Crippen molar-refractivity contribution in [1.29, 1.82) is 0 Å². The fourth-order valence-corrected chi connectivity index (χ4v) is 5.00. The molecule has 0 aromatic rings. The van der Waals surface area contributed by atoms with Gasteiger partial charge in [-0.2, -0.15) is 0 Å². The molecule has 0 unspecified atom stereocenters. The van der Waals surface area contributed by atoms with Gasteiger partial charge in [-0.05, 0) is 32.1 Å². The van der Waals surface area contributed by atoms with Crippen LogP contribution >= 0.6 is 11.8 Å². The van der Waals surface area contributed by atoms with Gasteiger partial charge in [0.25, 0.3) is 0 Å². The second kappa shape index (κ2) is 5.47. The first-order chi connectivity index (χ1) is 10.2. The fourth-order valence-electron chi connectivity index (χ4n) is 3.84. The summed E-state index contributed by atoms with van der Waals surface area (Å²) in [5.74, 6) is 1.78. The standard InChI is InChI=1S/C15H22N2O3S/c18-14(16-11-6-10-4-5-13(11)20-10)12-7-21-8-17(12)15(19)9-2-1-3-9/h9-13H,1-8H2,(H,16,18)/t10-,11+,12+,13-/m1/s1. The molecule has 4 fully saturated rings. The Morgan fingerprint density at radius 2 is 2.05 bits per heavy atom. The maximum Gasteiger partial charge on any atom is 0.244 e. The second-order valence-corrected chi connectivity index (χ2v) is 7.68. The molecule has 0 spiro atoms. The number of thioether (sulfide) groups is 1. The van der Waals surface area contributed by atoms with Crippen LogP contribution in [0.3, 0.4) is 0 Å². The molecule has 5 nitrogen and oxygen atoms in total. The quantitative estimate of drug-likeness (QED) is 0.849. The number of nitrogens with one attached hydrogen (secondary N) is 1. The van der Waals surface area contributed by atoms with Crippen LogP contribution in [0.1, 0.15) is 38.5 Å². The van der Waals surface area contributed by atoms with Crippen LogP contribution in [0.2, 0.25) is 0 Å². The monoisotopic (exact) mass is 310 g/mol. The molecular weight excluding hydrogens is 288 g/mol. The van der Waals surface area contributed by atoms with E-state index in [4.69, 9.17) is 4.74 Å². The first-order valence-electron chi connectivity index (χ1n) is 8.06. The Morgan fingerprint density at radius 3 is 2.67 bits per heavy atom. The average molecular weight is 310 g/mol. The zero-order valence-corrected chi connectivity index (χ0v) is 12.9. The van der Waals surface area contributed by atoms with E-state index in [1.54, 1.807) is 16.7 Å². The van der Waals surface area contributed by atoms with Gasteiger partial charge in [-0.1, -0.05) is 6.42 Å². The number of fused-ring (bicyclic) bond motifs is 2. The minimum atomic E-state index is -0.276. The molecule has 116 valence electrons. The molecular formula is C15H22N2O3S. The first kappa shape index (κ1) is 13.9. The van der Waals surface area contributed by atoms with E-state index in [-0.39, 0.29) is 35.9 Å². The second-order valence-electron chi connectivity index (χ2n) is 6.68. The van der Waals surface area contributed by atoms with E-state index < -0.39 is 0 Å². The summed E-state index contributed by atoms with van der Waals surface area (Å²) in [7, 11) is 0. The molecule has 0 radical (unpaired) electrons. The maximum atomic E-state index is 12.5. The minimum Gasteiger partial charge on any atom is -0.373 e. The highest BCUT2D eigenvalue weighted by atomic mass is 32.2. The highest BCUT2D eigenvalue weighted by Gasteiger charge is 2.44. The van der Waals surface area contributed by atoms with E-state index in [1.807, 2.05) is 0 Å². The number of hydrogen-bond donors (Lipinski definition) is 1. The van der Waals surface area contributed by atoms with Crippen LogP contribution in [0, 0.1) is 5.92 Å². The summed E-state index contributed by atoms with van der Waals surface area (Å²) in [5, 5.41) is 3.14. The van der Waals surface area contributed by atoms with Crippen molar-refractivity contribution >= 4 is 23.6 Å². The van der Waals surface area contributed by atoms with Crippen LogP contribution in [-0.2, 0) is 14.3 Å². The third kappa shape index (κ3) is 2.46. The highest BCUT2D eigenvalue weighted by molar-refractivity contribution is 7.99. The van der Waals surface area contributed by atoms with Crippen LogP contribution in [0.4, 0.5) is 0 Å². The average Bonchev–Trinajstić information content (AvgIpc) is 3.12. The molecule has 2 bridgehead atoms. The van der Waals surface area contributed by atoms with Gasteiger partial charge in [0, 0.05) is 11.7 Å². The predicted octanol–water partition coefficient (Wildman–Crippen LogP) is 1.12. The van der Waals surface area contributed by atoms with Crippen molar-refractivity contribution in [2.24, 2.45) is 5.92 Å². The maximum absolute atomic E-state index is 12.5. The number of rotatable bonds is 3. The predicted molar refractivity (Wildman–Crippen MR) is 79.7 cm³/mol. The molecule has 4 rings (SSSR count). The molecule has 6 heteroatoms. The van der Waals surface area contributed by atoms with E-state index >= 15 is 0 Å². The van der Waals surface area contributed by atoms with Crippen LogP contribution in [0.5, 0.6) is 0 Å². The van der Waals surface area contributed by atoms with Crippen molar-refractivity contribution in [3.8, 4) is 0 Å². The topological polar surface area (TPSA) is 58.6 Å². The third-order valence-electron chi connectivity index (χ3n) is 5.36. The summed E-state index contributed by atoms with van der Waals surface area (Å²) in [6.45, 7) is 0. The molecule has 3 saturated heterocycles. The molecule has 1 saturated carbocycles. The summed E-state index contributed by atoms with van der Waals surface area (Å²) < 4.78 is 5.79. The SMILES string of the molecule is O=C(N[C@H]1C[C@H]2CC[C@H]1O2)[C@@H]1CSCN1C(=O)C1CCC1. The molecule has 21 heavy (non-hydrogen) atoms. The van der Waals surface area contributed by atoms with Gasteiger partial charge < -0.3 is 15.0 Å². The van der Waals surface area contributed by atoms with Gasteiger partial charge in [-0.3, -0.25) is 9.59 Å². The smallest absolute Gasteiger partial charge is 0.244 e. The molecule has 0 aromatic carbocycles. The summed E-state index contributed by atoms with van der Waals surface area (Å²) in [6.07, 6.45) is 6.80. The Kier molecular flexibility index (Phi) is 3.61. The minimum absolute atomic E-state index is 0.0221. The largest absolute Gasteiger partial charge is 0.373 e. The normalized spacial score (nSPS) is 38.6. The Bertz CT molecular complexity index is 454. The van der Waals surface area contributed by atoms with Crippen molar-refractivity contribution in [3.63, 3.8) is 0 Å². The van der Waals surface area contributed by atoms with Crippen LogP contribution in [0.25, 0.3) is 0 Å². The van der Waals surface area contributed by atoms with Gasteiger partial charge in [0.15, 0.2) is 0 Å². The molecule has 4 aliphatic rings. The third-order valence-corrected chi connectivity index (χ3v) is 6.37. The number of hydrogen-bond acceptors (Lipinski definition) is 4. The van der Waals surface area contributed by atoms with E-state index in [9.17, 15) is 9.59 Å². The summed E-state index contributed by atoms with van der Waals surface area (Å²) in [4.78, 5) is 26.8. The number of ether oxygens (including phenoxy) is 1. The number of amides is 2. The molecule has 4 atom stereocenters. The van der Waals surface area contributed by atoms with E-state index in [0.717, 1.165) is 44.3 Å². The molecule has 2 amide bonds. The van der Waals surface area contributed by atoms with Crippen LogP contribution in [-0.4, -0.2) is 52.6 Å². The number of nitrogens with zero attached hydrogens (tertiary/aromatic N) is 1. The van der Waals surface area contributed by atoms with Crippen molar-refractivity contribution in [2.45, 2.75) is 62.8 Å². The van der Waals surface area contributed by atoms with Gasteiger partial charge >= 0.3 is 0 Å². The first-order valence-corrected chi connectivity index (χ1v) is 9.22. The molecule has 0 aromatic heterocycles. The van der Waals surface area contributed by atoms with E-state index in [2.05, 4.69) is 5.32 Å². The lowest BCUT2D eigenvalue weighted by atomic mass is 9.84. The highest BCUT2D eigenvalue weighted by Crippen LogP contribution is 2.35. The van der Waals surface area contributed by atoms with Crippen molar-refractivity contribution in [2.75, 3.05) is 11.6 Å². The van der Waals surface area contributed by atoms with Gasteiger partial charge in [0.1, 0.15) is 6.04 Å². The number of carbonyl (C=O) groups is 2.